The predicted octanol–water partition coefficient (Wildman–Crippen LogP) is 1.45. The quantitative estimate of drug-likeness (QED) is 0.559. The third-order valence-corrected chi connectivity index (χ3v) is 3.61. The van der Waals surface area contributed by atoms with Gasteiger partial charge in [-0.2, -0.15) is 0 Å². The van der Waals surface area contributed by atoms with Gasteiger partial charge in [-0.15, -0.1) is 0 Å². The van der Waals surface area contributed by atoms with Crippen molar-refractivity contribution in [1.82, 2.24) is 5.32 Å². The molecule has 1 saturated carbocycles. The molecule has 102 valence electrons. The van der Waals surface area contributed by atoms with Gasteiger partial charge in [0.1, 0.15) is 0 Å². The molecule has 0 aromatic rings. The average molecular weight is 245 g/mol. The highest BCUT2D eigenvalue weighted by Gasteiger charge is 2.35. The monoisotopic (exact) mass is 245 g/mol. The fourth-order valence-electron chi connectivity index (χ4n) is 2.25. The molecule has 1 rings (SSSR count). The van der Waals surface area contributed by atoms with Crippen molar-refractivity contribution in [2.75, 3.05) is 53.7 Å². The van der Waals surface area contributed by atoms with E-state index in [0.717, 1.165) is 32.7 Å². The van der Waals surface area contributed by atoms with Crippen molar-refractivity contribution in [1.29, 1.82) is 0 Å². The third kappa shape index (κ3) is 5.82. The van der Waals surface area contributed by atoms with E-state index in [1.54, 1.807) is 14.2 Å². The standard InChI is InChI=1S/C13H27NO3/c1-15-9-7-14-12-13(4-3-5-13)6-8-17-11-10-16-2/h14H,3-12H2,1-2H3. The molecule has 1 aliphatic rings. The van der Waals surface area contributed by atoms with Crippen LogP contribution in [0.4, 0.5) is 0 Å². The van der Waals surface area contributed by atoms with Gasteiger partial charge < -0.3 is 19.5 Å². The summed E-state index contributed by atoms with van der Waals surface area (Å²) in [7, 11) is 3.45. The molecule has 1 N–H and O–H groups in total. The van der Waals surface area contributed by atoms with Gasteiger partial charge in [-0.25, -0.2) is 0 Å². The van der Waals surface area contributed by atoms with Crippen LogP contribution in [0, 0.1) is 5.41 Å². The SMILES string of the molecule is COCCNCC1(CCOCCOC)CCC1. The average Bonchev–Trinajstić information content (AvgIpc) is 2.29. The van der Waals surface area contributed by atoms with Crippen LogP contribution in [0.1, 0.15) is 25.7 Å². The topological polar surface area (TPSA) is 39.7 Å². The van der Waals surface area contributed by atoms with Gasteiger partial charge in [0.05, 0.1) is 19.8 Å². The minimum atomic E-state index is 0.487. The minimum absolute atomic E-state index is 0.487. The molecule has 4 heteroatoms. The van der Waals surface area contributed by atoms with Crippen LogP contribution in [0.15, 0.2) is 0 Å². The maximum Gasteiger partial charge on any atom is 0.0700 e. The van der Waals surface area contributed by atoms with Gasteiger partial charge in [0, 0.05) is 33.9 Å². The highest BCUT2D eigenvalue weighted by molar-refractivity contribution is 4.89. The Balaban J connectivity index is 2.04. The molecule has 0 heterocycles. The van der Waals surface area contributed by atoms with E-state index in [1.165, 1.54) is 19.3 Å². The van der Waals surface area contributed by atoms with Crippen molar-refractivity contribution in [3.63, 3.8) is 0 Å². The van der Waals surface area contributed by atoms with Crippen LogP contribution in [0.3, 0.4) is 0 Å². The highest BCUT2D eigenvalue weighted by atomic mass is 16.5. The second kappa shape index (κ2) is 8.86. The summed E-state index contributed by atoms with van der Waals surface area (Å²) in [4.78, 5) is 0. The van der Waals surface area contributed by atoms with Crippen LogP contribution in [-0.2, 0) is 14.2 Å². The van der Waals surface area contributed by atoms with Crippen molar-refractivity contribution < 1.29 is 14.2 Å². The van der Waals surface area contributed by atoms with Gasteiger partial charge in [0.25, 0.3) is 0 Å². The fourth-order valence-corrected chi connectivity index (χ4v) is 2.25. The van der Waals surface area contributed by atoms with Crippen LogP contribution in [0.5, 0.6) is 0 Å². The lowest BCUT2D eigenvalue weighted by atomic mass is 9.67. The van der Waals surface area contributed by atoms with E-state index in [0.29, 0.717) is 18.6 Å². The molecule has 0 spiro atoms. The molecule has 0 radical (unpaired) electrons. The minimum Gasteiger partial charge on any atom is -0.383 e. The maximum atomic E-state index is 5.56. The van der Waals surface area contributed by atoms with E-state index in [-0.39, 0.29) is 0 Å². The summed E-state index contributed by atoms with van der Waals surface area (Å²) in [5.41, 5.74) is 0.487. The van der Waals surface area contributed by atoms with Crippen LogP contribution in [-0.4, -0.2) is 53.7 Å². The van der Waals surface area contributed by atoms with Gasteiger partial charge in [-0.3, -0.25) is 0 Å². The molecule has 0 aliphatic heterocycles. The Morgan fingerprint density at radius 1 is 1.00 bits per heavy atom. The Morgan fingerprint density at radius 2 is 1.76 bits per heavy atom. The molecule has 1 aliphatic carbocycles. The zero-order chi connectivity index (χ0) is 12.4. The van der Waals surface area contributed by atoms with Gasteiger partial charge >= 0.3 is 0 Å². The molecule has 17 heavy (non-hydrogen) atoms. The maximum absolute atomic E-state index is 5.56. The zero-order valence-corrected chi connectivity index (χ0v) is 11.3. The summed E-state index contributed by atoms with van der Waals surface area (Å²) in [6.45, 7) is 5.10. The normalized spacial score (nSPS) is 18.0. The number of hydrogen-bond donors (Lipinski definition) is 1. The van der Waals surface area contributed by atoms with E-state index >= 15 is 0 Å². The number of ether oxygens (including phenoxy) is 3. The smallest absolute Gasteiger partial charge is 0.0700 e. The molecular weight excluding hydrogens is 218 g/mol. The van der Waals surface area contributed by atoms with Gasteiger partial charge in [-0.05, 0) is 24.7 Å². The van der Waals surface area contributed by atoms with E-state index in [4.69, 9.17) is 14.2 Å². The van der Waals surface area contributed by atoms with E-state index in [2.05, 4.69) is 5.32 Å². The molecule has 0 atom stereocenters. The first-order valence-electron chi connectivity index (χ1n) is 6.59. The molecule has 0 aromatic heterocycles. The van der Waals surface area contributed by atoms with E-state index in [1.807, 2.05) is 0 Å². The van der Waals surface area contributed by atoms with Crippen molar-refractivity contribution in [2.24, 2.45) is 5.41 Å². The summed E-state index contributed by atoms with van der Waals surface area (Å²) in [6, 6.07) is 0. The number of nitrogens with one attached hydrogen (secondary N) is 1. The first-order chi connectivity index (χ1) is 8.33. The summed E-state index contributed by atoms with van der Waals surface area (Å²) in [5, 5.41) is 3.48. The van der Waals surface area contributed by atoms with Gasteiger partial charge in [0.15, 0.2) is 0 Å². The van der Waals surface area contributed by atoms with E-state index < -0.39 is 0 Å². The van der Waals surface area contributed by atoms with Gasteiger partial charge in [0.2, 0.25) is 0 Å². The predicted molar refractivity (Wildman–Crippen MR) is 68.3 cm³/mol. The molecule has 0 saturated heterocycles. The van der Waals surface area contributed by atoms with Gasteiger partial charge in [-0.1, -0.05) is 6.42 Å². The Kier molecular flexibility index (Phi) is 7.77. The molecule has 0 amide bonds. The molecular formula is C13H27NO3. The van der Waals surface area contributed by atoms with Crippen molar-refractivity contribution in [3.05, 3.63) is 0 Å². The van der Waals surface area contributed by atoms with E-state index in [9.17, 15) is 0 Å². The zero-order valence-electron chi connectivity index (χ0n) is 11.3. The van der Waals surface area contributed by atoms with Crippen LogP contribution >= 0.6 is 0 Å². The Bertz CT molecular complexity index is 184. The molecule has 0 bridgehead atoms. The first-order valence-corrected chi connectivity index (χ1v) is 6.59. The third-order valence-electron chi connectivity index (χ3n) is 3.61. The summed E-state index contributed by atoms with van der Waals surface area (Å²) in [6.07, 6.45) is 5.20. The Morgan fingerprint density at radius 3 is 2.35 bits per heavy atom. The largest absolute Gasteiger partial charge is 0.383 e. The molecule has 1 fully saturated rings. The summed E-state index contributed by atoms with van der Waals surface area (Å²) >= 11 is 0. The number of hydrogen-bond acceptors (Lipinski definition) is 4. The van der Waals surface area contributed by atoms with Crippen molar-refractivity contribution in [3.8, 4) is 0 Å². The Hall–Kier alpha value is -0.160. The van der Waals surface area contributed by atoms with Crippen LogP contribution < -0.4 is 5.32 Å². The molecule has 0 aromatic carbocycles. The first kappa shape index (κ1) is 14.9. The second-order valence-electron chi connectivity index (χ2n) is 4.88. The summed E-state index contributed by atoms with van der Waals surface area (Å²) < 4.78 is 15.5. The number of methoxy groups -OCH3 is 2. The molecule has 0 unspecified atom stereocenters. The molecule has 4 nitrogen and oxygen atoms in total. The van der Waals surface area contributed by atoms with Crippen LogP contribution in [0.2, 0.25) is 0 Å². The lowest BCUT2D eigenvalue weighted by Crippen LogP contribution is -2.41. The highest BCUT2D eigenvalue weighted by Crippen LogP contribution is 2.43. The summed E-state index contributed by atoms with van der Waals surface area (Å²) in [5.74, 6) is 0. The van der Waals surface area contributed by atoms with Crippen LogP contribution in [0.25, 0.3) is 0 Å². The van der Waals surface area contributed by atoms with Crippen molar-refractivity contribution in [2.45, 2.75) is 25.7 Å². The lowest BCUT2D eigenvalue weighted by Gasteiger charge is -2.42. The lowest BCUT2D eigenvalue weighted by molar-refractivity contribution is 0.0270. The fraction of sp³-hybridized carbons (Fsp3) is 1.00. The number of rotatable bonds is 11. The Labute approximate surface area is 105 Å². The second-order valence-corrected chi connectivity index (χ2v) is 4.88. The van der Waals surface area contributed by atoms with Crippen molar-refractivity contribution >= 4 is 0 Å².